The van der Waals surface area contributed by atoms with Gasteiger partial charge in [0.25, 0.3) is 0 Å². The smallest absolute Gasteiger partial charge is 0.138 e. The van der Waals surface area contributed by atoms with Crippen molar-refractivity contribution in [2.45, 2.75) is 39.0 Å². The number of H-pyrrole nitrogens is 1. The van der Waals surface area contributed by atoms with Crippen LogP contribution in [-0.2, 0) is 19.3 Å². The van der Waals surface area contributed by atoms with Crippen LogP contribution < -0.4 is 4.74 Å². The van der Waals surface area contributed by atoms with Crippen LogP contribution in [0.2, 0.25) is 0 Å². The van der Waals surface area contributed by atoms with Crippen molar-refractivity contribution in [2.24, 2.45) is 0 Å². The number of pyridine rings is 2. The number of benzene rings is 1. The Morgan fingerprint density at radius 3 is 2.55 bits per heavy atom. The van der Waals surface area contributed by atoms with E-state index in [2.05, 4.69) is 70.5 Å². The zero-order chi connectivity index (χ0) is 22.5. The highest BCUT2D eigenvalue weighted by molar-refractivity contribution is 5.81. The second kappa shape index (κ2) is 10.2. The molecular formula is C28H32N4O. The summed E-state index contributed by atoms with van der Waals surface area (Å²) in [5.41, 5.74) is 7.12. The average molecular weight is 441 g/mol. The second-order valence-corrected chi connectivity index (χ2v) is 9.10. The van der Waals surface area contributed by atoms with Crippen molar-refractivity contribution < 1.29 is 4.74 Å². The minimum atomic E-state index is 0.709. The fourth-order valence-corrected chi connectivity index (χ4v) is 4.52. The Morgan fingerprint density at radius 2 is 1.76 bits per heavy atom. The zero-order valence-electron chi connectivity index (χ0n) is 19.4. The summed E-state index contributed by atoms with van der Waals surface area (Å²) in [7, 11) is 0. The summed E-state index contributed by atoms with van der Waals surface area (Å²) in [6.45, 7) is 6.21. The molecule has 5 rings (SSSR count). The van der Waals surface area contributed by atoms with Gasteiger partial charge >= 0.3 is 0 Å². The van der Waals surface area contributed by atoms with E-state index in [-0.39, 0.29) is 0 Å². The molecule has 0 atom stereocenters. The Bertz CT molecular complexity index is 1170. The Hall–Kier alpha value is -3.18. The maximum atomic E-state index is 6.01. The molecular weight excluding hydrogens is 408 g/mol. The van der Waals surface area contributed by atoms with E-state index in [0.29, 0.717) is 6.61 Å². The van der Waals surface area contributed by atoms with Crippen molar-refractivity contribution in [1.29, 1.82) is 0 Å². The van der Waals surface area contributed by atoms with Gasteiger partial charge in [0, 0.05) is 36.4 Å². The van der Waals surface area contributed by atoms with Crippen LogP contribution in [0.15, 0.2) is 61.1 Å². The first-order valence-corrected chi connectivity index (χ1v) is 12.0. The van der Waals surface area contributed by atoms with Crippen molar-refractivity contribution in [3.05, 3.63) is 89.0 Å². The van der Waals surface area contributed by atoms with Crippen LogP contribution in [0.4, 0.5) is 0 Å². The van der Waals surface area contributed by atoms with Crippen molar-refractivity contribution >= 4 is 11.0 Å². The summed E-state index contributed by atoms with van der Waals surface area (Å²) in [5, 5.41) is 1.12. The standard InChI is InChI=1S/C28H32N4O/c1-21-4-6-22(7-5-21)8-10-25-11-9-23(18-29-25)16-24-19-30-28-27(24)17-26(20-31-28)33-15-14-32-12-2-3-13-32/h4-7,9,11,17-20H,2-3,8,10,12-16H2,1H3,(H,30,31). The van der Waals surface area contributed by atoms with Gasteiger partial charge in [0.15, 0.2) is 0 Å². The highest BCUT2D eigenvalue weighted by Crippen LogP contribution is 2.24. The number of nitrogens with one attached hydrogen (secondary N) is 1. The highest BCUT2D eigenvalue weighted by atomic mass is 16.5. The van der Waals surface area contributed by atoms with Crippen LogP contribution in [0.5, 0.6) is 5.75 Å². The van der Waals surface area contributed by atoms with Gasteiger partial charge in [-0.25, -0.2) is 4.98 Å². The van der Waals surface area contributed by atoms with E-state index >= 15 is 0 Å². The highest BCUT2D eigenvalue weighted by Gasteiger charge is 2.12. The number of likely N-dealkylation sites (tertiary alicyclic amines) is 1. The van der Waals surface area contributed by atoms with Crippen molar-refractivity contribution in [3.63, 3.8) is 0 Å². The number of hydrogen-bond acceptors (Lipinski definition) is 4. The van der Waals surface area contributed by atoms with Gasteiger partial charge in [0.2, 0.25) is 0 Å². The Balaban J connectivity index is 1.19. The molecule has 1 aliphatic heterocycles. The van der Waals surface area contributed by atoms with E-state index in [4.69, 9.17) is 9.72 Å². The zero-order valence-corrected chi connectivity index (χ0v) is 19.4. The van der Waals surface area contributed by atoms with Gasteiger partial charge in [-0.1, -0.05) is 35.9 Å². The lowest BCUT2D eigenvalue weighted by Crippen LogP contribution is -2.25. The minimum absolute atomic E-state index is 0.709. The number of rotatable bonds is 9. The third-order valence-electron chi connectivity index (χ3n) is 6.54. The summed E-state index contributed by atoms with van der Waals surface area (Å²) in [5.74, 6) is 0.840. The summed E-state index contributed by atoms with van der Waals surface area (Å²) >= 11 is 0. The Kier molecular flexibility index (Phi) is 6.68. The molecule has 0 unspecified atom stereocenters. The van der Waals surface area contributed by atoms with Crippen LogP contribution in [0.3, 0.4) is 0 Å². The third-order valence-corrected chi connectivity index (χ3v) is 6.54. The molecule has 0 spiro atoms. The lowest BCUT2D eigenvalue weighted by Gasteiger charge is -2.14. The molecule has 1 fully saturated rings. The first-order chi connectivity index (χ1) is 16.2. The molecule has 4 aromatic rings. The van der Waals surface area contributed by atoms with Gasteiger partial charge < -0.3 is 9.72 Å². The first-order valence-electron chi connectivity index (χ1n) is 12.0. The third kappa shape index (κ3) is 5.60. The molecule has 0 radical (unpaired) electrons. The van der Waals surface area contributed by atoms with Crippen molar-refractivity contribution in [3.8, 4) is 5.75 Å². The van der Waals surface area contributed by atoms with Crippen LogP contribution in [-0.4, -0.2) is 46.1 Å². The number of hydrogen-bond donors (Lipinski definition) is 1. The largest absolute Gasteiger partial charge is 0.491 e. The Morgan fingerprint density at radius 1 is 0.939 bits per heavy atom. The average Bonchev–Trinajstić information content (AvgIpc) is 3.50. The number of aromatic nitrogens is 3. The molecule has 1 N–H and O–H groups in total. The second-order valence-electron chi connectivity index (χ2n) is 9.10. The summed E-state index contributed by atoms with van der Waals surface area (Å²) < 4.78 is 6.01. The molecule has 0 saturated carbocycles. The molecule has 0 bridgehead atoms. The molecule has 1 aliphatic rings. The van der Waals surface area contributed by atoms with Gasteiger partial charge in [-0.3, -0.25) is 9.88 Å². The molecule has 0 aliphatic carbocycles. The quantitative estimate of drug-likeness (QED) is 0.393. The minimum Gasteiger partial charge on any atom is -0.491 e. The fraction of sp³-hybridized carbons (Fsp3) is 0.357. The van der Waals surface area contributed by atoms with Gasteiger partial charge in [-0.05, 0) is 74.5 Å². The number of fused-ring (bicyclic) bond motifs is 1. The molecule has 5 nitrogen and oxygen atoms in total. The monoisotopic (exact) mass is 440 g/mol. The number of nitrogens with zero attached hydrogens (tertiary/aromatic N) is 3. The number of aromatic amines is 1. The normalized spacial score (nSPS) is 14.2. The lowest BCUT2D eigenvalue weighted by molar-refractivity contribution is 0.237. The molecule has 170 valence electrons. The lowest BCUT2D eigenvalue weighted by atomic mass is 10.0. The maximum Gasteiger partial charge on any atom is 0.138 e. The van der Waals surface area contributed by atoms with E-state index in [9.17, 15) is 0 Å². The summed E-state index contributed by atoms with van der Waals surface area (Å²) in [6, 6.07) is 15.2. The fourth-order valence-electron chi connectivity index (χ4n) is 4.52. The van der Waals surface area contributed by atoms with E-state index in [1.165, 1.54) is 48.2 Å². The molecule has 33 heavy (non-hydrogen) atoms. The van der Waals surface area contributed by atoms with Gasteiger partial charge in [-0.15, -0.1) is 0 Å². The van der Waals surface area contributed by atoms with E-state index in [1.54, 1.807) is 0 Å². The van der Waals surface area contributed by atoms with Gasteiger partial charge in [0.05, 0.1) is 6.20 Å². The molecule has 1 saturated heterocycles. The van der Waals surface area contributed by atoms with Crippen molar-refractivity contribution in [1.82, 2.24) is 19.9 Å². The van der Waals surface area contributed by atoms with Gasteiger partial charge in [-0.2, -0.15) is 0 Å². The SMILES string of the molecule is Cc1ccc(CCc2ccc(Cc3c[nH]c4ncc(OCCN5CCCC5)cc34)cn2)cc1. The maximum absolute atomic E-state index is 6.01. The van der Waals surface area contributed by atoms with Crippen LogP contribution >= 0.6 is 0 Å². The molecule has 4 heterocycles. The first kappa shape index (κ1) is 21.7. The predicted octanol–water partition coefficient (Wildman–Crippen LogP) is 5.12. The summed E-state index contributed by atoms with van der Waals surface area (Å²) in [4.78, 5) is 15.0. The van der Waals surface area contributed by atoms with Gasteiger partial charge in [0.1, 0.15) is 18.0 Å². The number of aryl methyl sites for hydroxylation is 3. The van der Waals surface area contributed by atoms with E-state index in [1.807, 2.05) is 12.4 Å². The molecule has 5 heteroatoms. The molecule has 1 aromatic carbocycles. The van der Waals surface area contributed by atoms with Crippen LogP contribution in [0, 0.1) is 6.92 Å². The topological polar surface area (TPSA) is 54.0 Å². The number of ether oxygens (including phenoxy) is 1. The molecule has 3 aromatic heterocycles. The van der Waals surface area contributed by atoms with E-state index in [0.717, 1.165) is 48.3 Å². The van der Waals surface area contributed by atoms with Crippen molar-refractivity contribution in [2.75, 3.05) is 26.2 Å². The van der Waals surface area contributed by atoms with E-state index < -0.39 is 0 Å². The van der Waals surface area contributed by atoms with Crippen LogP contribution in [0.1, 0.15) is 40.8 Å². The summed E-state index contributed by atoms with van der Waals surface area (Å²) in [6.07, 6.45) is 11.3. The Labute approximate surface area is 195 Å². The predicted molar refractivity (Wildman–Crippen MR) is 133 cm³/mol. The van der Waals surface area contributed by atoms with Crippen LogP contribution in [0.25, 0.3) is 11.0 Å². The molecule has 0 amide bonds.